The van der Waals surface area contributed by atoms with Crippen molar-refractivity contribution >= 4 is 17.3 Å². The first-order chi connectivity index (χ1) is 15.2. The van der Waals surface area contributed by atoms with Gasteiger partial charge in [-0.05, 0) is 44.5 Å². The second-order valence-corrected chi connectivity index (χ2v) is 8.57. The van der Waals surface area contributed by atoms with Gasteiger partial charge in [-0.25, -0.2) is 13.9 Å². The summed E-state index contributed by atoms with van der Waals surface area (Å²) >= 11 is 1.19. The summed E-state index contributed by atoms with van der Waals surface area (Å²) in [5.41, 5.74) is 4.05. The number of pyridine rings is 2. The van der Waals surface area contributed by atoms with Crippen molar-refractivity contribution in [2.75, 3.05) is 13.1 Å². The first-order valence-corrected chi connectivity index (χ1v) is 10.9. The molecule has 7 nitrogen and oxygen atoms in total. The zero-order valence-corrected chi connectivity index (χ0v) is 17.7. The Kier molecular flexibility index (Phi) is 5.18. The van der Waals surface area contributed by atoms with E-state index in [4.69, 9.17) is 0 Å². The smallest absolute Gasteiger partial charge is 0.155 e. The highest BCUT2D eigenvalue weighted by Crippen LogP contribution is 2.37. The van der Waals surface area contributed by atoms with Crippen LogP contribution in [0.4, 0.5) is 4.39 Å². The van der Waals surface area contributed by atoms with E-state index >= 15 is 0 Å². The number of nitriles is 1. The van der Waals surface area contributed by atoms with Crippen molar-refractivity contribution in [3.63, 3.8) is 0 Å². The number of hydrogen-bond acceptors (Lipinski definition) is 6. The zero-order chi connectivity index (χ0) is 21.4. The van der Waals surface area contributed by atoms with Gasteiger partial charge >= 0.3 is 0 Å². The van der Waals surface area contributed by atoms with E-state index in [2.05, 4.69) is 38.2 Å². The van der Waals surface area contributed by atoms with Crippen molar-refractivity contribution in [3.05, 3.63) is 60.1 Å². The molecule has 1 aliphatic heterocycles. The van der Waals surface area contributed by atoms with Gasteiger partial charge in [0.1, 0.15) is 11.1 Å². The standard InChI is InChI=1S/C22H20FN7S/c1-14-18(12-28-30(14)17-4-2-6-25-11-17)15-8-20(31-22-19(23)5-3-7-26-22)21-16(9-24)10-27-29(21)13-15/h3,5,7-8,10,12-13,17,25H,2,4,6,11H2,1H3/t17-/m1/s1. The van der Waals surface area contributed by atoms with Crippen molar-refractivity contribution in [1.82, 2.24) is 29.7 Å². The van der Waals surface area contributed by atoms with Gasteiger partial charge in [-0.2, -0.15) is 15.5 Å². The molecule has 0 radical (unpaired) electrons. The molecule has 1 atom stereocenters. The van der Waals surface area contributed by atoms with Gasteiger partial charge in [0.25, 0.3) is 0 Å². The van der Waals surface area contributed by atoms with Gasteiger partial charge < -0.3 is 5.32 Å². The van der Waals surface area contributed by atoms with Crippen LogP contribution in [-0.4, -0.2) is 37.5 Å². The van der Waals surface area contributed by atoms with E-state index in [1.807, 2.05) is 18.5 Å². The first kappa shape index (κ1) is 19.7. The van der Waals surface area contributed by atoms with Crippen molar-refractivity contribution in [1.29, 1.82) is 5.26 Å². The molecule has 4 aromatic rings. The molecule has 0 aliphatic carbocycles. The van der Waals surface area contributed by atoms with E-state index in [-0.39, 0.29) is 5.03 Å². The molecule has 4 aromatic heterocycles. The third-order valence-corrected chi connectivity index (χ3v) is 6.63. The zero-order valence-electron chi connectivity index (χ0n) is 16.9. The number of fused-ring (bicyclic) bond motifs is 1. The lowest BCUT2D eigenvalue weighted by Gasteiger charge is -2.24. The van der Waals surface area contributed by atoms with Crippen LogP contribution in [0, 0.1) is 24.1 Å². The van der Waals surface area contributed by atoms with Crippen LogP contribution in [0.1, 0.15) is 30.1 Å². The predicted octanol–water partition coefficient (Wildman–Crippen LogP) is 3.99. The van der Waals surface area contributed by atoms with Crippen LogP contribution in [-0.2, 0) is 0 Å². The van der Waals surface area contributed by atoms with E-state index in [9.17, 15) is 9.65 Å². The molecule has 31 heavy (non-hydrogen) atoms. The van der Waals surface area contributed by atoms with Gasteiger partial charge in [0.05, 0.1) is 29.5 Å². The Hall–Kier alpha value is -3.22. The maximum absolute atomic E-state index is 14.3. The molecule has 0 bridgehead atoms. The Morgan fingerprint density at radius 2 is 2.23 bits per heavy atom. The number of piperidine rings is 1. The fourth-order valence-electron chi connectivity index (χ4n) is 4.06. The average molecular weight is 434 g/mol. The Morgan fingerprint density at radius 1 is 1.32 bits per heavy atom. The Bertz CT molecular complexity index is 1300. The monoisotopic (exact) mass is 433 g/mol. The molecule has 0 unspecified atom stereocenters. The average Bonchev–Trinajstić information content (AvgIpc) is 3.39. The molecule has 9 heteroatoms. The predicted molar refractivity (Wildman–Crippen MR) is 115 cm³/mol. The molecule has 0 saturated carbocycles. The molecule has 5 rings (SSSR count). The van der Waals surface area contributed by atoms with Crippen LogP contribution in [0.15, 0.2) is 52.9 Å². The van der Waals surface area contributed by atoms with Crippen LogP contribution in [0.25, 0.3) is 16.6 Å². The lowest BCUT2D eigenvalue weighted by atomic mass is 10.1. The van der Waals surface area contributed by atoms with E-state index in [0.717, 1.165) is 47.6 Å². The quantitative estimate of drug-likeness (QED) is 0.524. The van der Waals surface area contributed by atoms with Crippen LogP contribution in [0.3, 0.4) is 0 Å². The number of rotatable bonds is 4. The van der Waals surface area contributed by atoms with Gasteiger partial charge in [-0.15, -0.1) is 0 Å². The minimum atomic E-state index is -0.400. The van der Waals surface area contributed by atoms with Gasteiger partial charge in [0, 0.05) is 40.7 Å². The van der Waals surface area contributed by atoms with Gasteiger partial charge in [-0.3, -0.25) is 4.68 Å². The lowest BCUT2D eigenvalue weighted by molar-refractivity contribution is 0.342. The molecule has 0 spiro atoms. The molecule has 156 valence electrons. The molecule has 0 amide bonds. The van der Waals surface area contributed by atoms with Gasteiger partial charge in [0.15, 0.2) is 5.82 Å². The normalized spacial score (nSPS) is 16.5. The summed E-state index contributed by atoms with van der Waals surface area (Å²) in [7, 11) is 0. The van der Waals surface area contributed by atoms with Crippen molar-refractivity contribution in [2.45, 2.75) is 35.7 Å². The van der Waals surface area contributed by atoms with Crippen LogP contribution < -0.4 is 5.32 Å². The van der Waals surface area contributed by atoms with Crippen molar-refractivity contribution in [3.8, 4) is 17.2 Å². The largest absolute Gasteiger partial charge is 0.315 e. The molecular weight excluding hydrogens is 413 g/mol. The van der Waals surface area contributed by atoms with Crippen molar-refractivity contribution < 1.29 is 4.39 Å². The highest BCUT2D eigenvalue weighted by Gasteiger charge is 2.21. The number of halogens is 1. The lowest BCUT2D eigenvalue weighted by Crippen LogP contribution is -2.32. The third kappa shape index (κ3) is 3.58. The molecule has 1 aliphatic rings. The van der Waals surface area contributed by atoms with Crippen LogP contribution in [0.5, 0.6) is 0 Å². The maximum atomic E-state index is 14.3. The SMILES string of the molecule is Cc1c(-c2cc(Sc3ncccc3F)c3c(C#N)cnn3c2)cnn1[C@@H]1CCCNC1. The second kappa shape index (κ2) is 8.13. The summed E-state index contributed by atoms with van der Waals surface area (Å²) in [6.45, 7) is 4.02. The minimum Gasteiger partial charge on any atom is -0.315 e. The molecule has 1 fully saturated rings. The summed E-state index contributed by atoms with van der Waals surface area (Å²) < 4.78 is 18.1. The van der Waals surface area contributed by atoms with Gasteiger partial charge in [0.2, 0.25) is 0 Å². The summed E-state index contributed by atoms with van der Waals surface area (Å²) in [5, 5.41) is 22.2. The highest BCUT2D eigenvalue weighted by atomic mass is 32.2. The Morgan fingerprint density at radius 3 is 3.00 bits per heavy atom. The molecule has 5 heterocycles. The Balaban J connectivity index is 1.62. The van der Waals surface area contributed by atoms with Crippen LogP contribution >= 0.6 is 11.8 Å². The minimum absolute atomic E-state index is 0.257. The van der Waals surface area contributed by atoms with E-state index in [1.54, 1.807) is 16.8 Å². The number of nitrogens with one attached hydrogen (secondary N) is 1. The summed E-state index contributed by atoms with van der Waals surface area (Å²) in [6.07, 6.45) is 9.07. The van der Waals surface area contributed by atoms with E-state index in [1.165, 1.54) is 24.0 Å². The Labute approximate surface area is 182 Å². The van der Waals surface area contributed by atoms with Crippen LogP contribution in [0.2, 0.25) is 0 Å². The van der Waals surface area contributed by atoms with E-state index < -0.39 is 5.82 Å². The number of nitrogens with zero attached hydrogens (tertiary/aromatic N) is 6. The maximum Gasteiger partial charge on any atom is 0.155 e. The molecule has 1 saturated heterocycles. The van der Waals surface area contributed by atoms with E-state index in [0.29, 0.717) is 17.1 Å². The fraction of sp³-hybridized carbons (Fsp3) is 0.273. The second-order valence-electron chi connectivity index (χ2n) is 7.54. The molecule has 1 N–H and O–H groups in total. The molecule has 0 aromatic carbocycles. The first-order valence-electron chi connectivity index (χ1n) is 10.1. The van der Waals surface area contributed by atoms with Gasteiger partial charge in [-0.1, -0.05) is 11.8 Å². The molecular formula is C22H20FN7S. The summed E-state index contributed by atoms with van der Waals surface area (Å²) in [6, 6.07) is 7.41. The number of aromatic nitrogens is 5. The highest BCUT2D eigenvalue weighted by molar-refractivity contribution is 7.99. The summed E-state index contributed by atoms with van der Waals surface area (Å²) in [4.78, 5) is 4.88. The fourth-order valence-corrected chi connectivity index (χ4v) is 5.03. The number of hydrogen-bond donors (Lipinski definition) is 1. The summed E-state index contributed by atoms with van der Waals surface area (Å²) in [5.74, 6) is -0.400. The van der Waals surface area contributed by atoms with Crippen molar-refractivity contribution in [2.24, 2.45) is 0 Å². The third-order valence-electron chi connectivity index (χ3n) is 5.60. The topological polar surface area (TPSA) is 83.8 Å².